The fourth-order valence-corrected chi connectivity index (χ4v) is 2.31. The largest absolute Gasteiger partial charge is 0.445 e. The van der Waals surface area contributed by atoms with Crippen LogP contribution in [0.5, 0.6) is 0 Å². The Balaban J connectivity index is 2.25. The lowest BCUT2D eigenvalue weighted by atomic mass is 10.2. The minimum Gasteiger partial charge on any atom is -0.445 e. The van der Waals surface area contributed by atoms with Gasteiger partial charge < -0.3 is 15.0 Å². The first-order valence-electron chi connectivity index (χ1n) is 5.82. The van der Waals surface area contributed by atoms with Gasteiger partial charge in [0.2, 0.25) is 0 Å². The number of fused-ring (bicyclic) bond motifs is 1. The number of amides is 1. The van der Waals surface area contributed by atoms with Gasteiger partial charge in [-0.25, -0.2) is 14.2 Å². The topological polar surface area (TPSA) is 93.9 Å². The van der Waals surface area contributed by atoms with Crippen LogP contribution in [0.25, 0.3) is 11.0 Å². The Morgan fingerprint density at radius 1 is 1.62 bits per heavy atom. The zero-order chi connectivity index (χ0) is 15.4. The smallest absolute Gasteiger partial charge is 0.404 e. The Morgan fingerprint density at radius 3 is 3.05 bits per heavy atom. The van der Waals surface area contributed by atoms with Crippen molar-refractivity contribution in [3.05, 3.63) is 40.4 Å². The molecule has 0 unspecified atom stereocenters. The number of rotatable bonds is 4. The minimum atomic E-state index is -0.963. The van der Waals surface area contributed by atoms with Crippen molar-refractivity contribution >= 4 is 33.1 Å². The highest BCUT2D eigenvalue weighted by molar-refractivity contribution is 9.10. The maximum absolute atomic E-state index is 13.7. The summed E-state index contributed by atoms with van der Waals surface area (Å²) in [6, 6.07) is 5.30. The average molecular weight is 353 g/mol. The van der Waals surface area contributed by atoms with Gasteiger partial charge in [-0.1, -0.05) is 0 Å². The van der Waals surface area contributed by atoms with Crippen molar-refractivity contribution in [1.29, 1.82) is 5.26 Å². The van der Waals surface area contributed by atoms with Gasteiger partial charge in [-0.15, -0.1) is 0 Å². The Bertz CT molecular complexity index is 763. The predicted octanol–water partition coefficient (Wildman–Crippen LogP) is 2.62. The summed E-state index contributed by atoms with van der Waals surface area (Å²) in [6.45, 7) is -0.319. The second-order valence-corrected chi connectivity index (χ2v) is 4.95. The Labute approximate surface area is 127 Å². The molecule has 0 saturated carbocycles. The van der Waals surface area contributed by atoms with Crippen molar-refractivity contribution < 1.29 is 13.9 Å². The molecule has 2 N–H and O–H groups in total. The van der Waals surface area contributed by atoms with E-state index in [1.807, 2.05) is 6.07 Å². The Hall–Kier alpha value is -2.40. The number of hydrogen-bond donors (Lipinski definition) is 1. The number of nitriles is 1. The van der Waals surface area contributed by atoms with Crippen LogP contribution < -0.4 is 5.73 Å². The lowest BCUT2D eigenvalue weighted by Crippen LogP contribution is -2.13. The van der Waals surface area contributed by atoms with E-state index in [1.165, 1.54) is 6.33 Å². The highest BCUT2D eigenvalue weighted by Gasteiger charge is 2.09. The first-order chi connectivity index (χ1) is 10.0. The standard InChI is InChI=1S/C13H10BrFN4O2/c14-10-3-8(5-16)4-11-12(10)18-7-19(11)6-9(15)1-2-21-13(17)20/h1,3-4,7H,2,6H2,(H2,17,20). The molecule has 1 amide bonds. The number of ether oxygens (including phenoxy) is 1. The maximum Gasteiger partial charge on any atom is 0.404 e. The molecule has 6 nitrogen and oxygen atoms in total. The summed E-state index contributed by atoms with van der Waals surface area (Å²) >= 11 is 3.32. The monoisotopic (exact) mass is 352 g/mol. The van der Waals surface area contributed by atoms with Crippen LogP contribution in [0.3, 0.4) is 0 Å². The lowest BCUT2D eigenvalue weighted by Gasteiger charge is -2.03. The third-order valence-corrected chi connectivity index (χ3v) is 3.26. The van der Waals surface area contributed by atoms with Crippen LogP contribution in [0, 0.1) is 11.3 Å². The summed E-state index contributed by atoms with van der Waals surface area (Å²) in [7, 11) is 0. The summed E-state index contributed by atoms with van der Waals surface area (Å²) in [5.74, 6) is -0.506. The lowest BCUT2D eigenvalue weighted by molar-refractivity contribution is 0.168. The number of benzene rings is 1. The molecule has 0 aliphatic carbocycles. The van der Waals surface area contributed by atoms with Crippen molar-refractivity contribution in [2.24, 2.45) is 5.73 Å². The van der Waals surface area contributed by atoms with E-state index >= 15 is 0 Å². The zero-order valence-electron chi connectivity index (χ0n) is 10.7. The van der Waals surface area contributed by atoms with Crippen molar-refractivity contribution in [3.8, 4) is 6.07 Å². The molecular formula is C13H10BrFN4O2. The molecule has 108 valence electrons. The van der Waals surface area contributed by atoms with Gasteiger partial charge in [0.15, 0.2) is 0 Å². The molecule has 1 aromatic carbocycles. The van der Waals surface area contributed by atoms with Gasteiger partial charge in [0.25, 0.3) is 0 Å². The fraction of sp³-hybridized carbons (Fsp3) is 0.154. The van der Waals surface area contributed by atoms with Crippen molar-refractivity contribution in [2.75, 3.05) is 6.61 Å². The van der Waals surface area contributed by atoms with Crippen molar-refractivity contribution in [1.82, 2.24) is 9.55 Å². The number of aromatic nitrogens is 2. The van der Waals surface area contributed by atoms with Crippen molar-refractivity contribution in [3.63, 3.8) is 0 Å². The molecule has 0 spiro atoms. The molecule has 1 aromatic heterocycles. The summed E-state index contributed by atoms with van der Waals surface area (Å²) < 4.78 is 20.4. The van der Waals surface area contributed by atoms with Gasteiger partial charge in [-0.05, 0) is 34.1 Å². The molecule has 0 radical (unpaired) electrons. The highest BCUT2D eigenvalue weighted by Crippen LogP contribution is 2.25. The number of imidazole rings is 1. The van der Waals surface area contributed by atoms with E-state index < -0.39 is 11.9 Å². The number of carbonyl (C=O) groups excluding carboxylic acids is 1. The predicted molar refractivity (Wildman–Crippen MR) is 76.9 cm³/mol. The molecule has 0 bridgehead atoms. The molecule has 0 fully saturated rings. The third kappa shape index (κ3) is 3.58. The van der Waals surface area contributed by atoms with Crippen LogP contribution >= 0.6 is 15.9 Å². The van der Waals surface area contributed by atoms with Crippen molar-refractivity contribution in [2.45, 2.75) is 6.54 Å². The average Bonchev–Trinajstić information content (AvgIpc) is 2.82. The van der Waals surface area contributed by atoms with E-state index in [9.17, 15) is 9.18 Å². The van der Waals surface area contributed by atoms with Gasteiger partial charge >= 0.3 is 6.09 Å². The van der Waals surface area contributed by atoms with Crippen LogP contribution in [-0.4, -0.2) is 22.3 Å². The number of nitrogens with two attached hydrogens (primary N) is 1. The number of primary amides is 1. The van der Waals surface area contributed by atoms with Gasteiger partial charge in [0.1, 0.15) is 18.0 Å². The minimum absolute atomic E-state index is 0.0834. The number of hydrogen-bond acceptors (Lipinski definition) is 4. The van der Waals surface area contributed by atoms with Crippen LogP contribution in [0.1, 0.15) is 5.56 Å². The molecule has 2 rings (SSSR count). The Morgan fingerprint density at radius 2 is 2.38 bits per heavy atom. The van der Waals surface area contributed by atoms with Gasteiger partial charge in [0, 0.05) is 4.47 Å². The third-order valence-electron chi connectivity index (χ3n) is 2.66. The van der Waals surface area contributed by atoms with E-state index in [2.05, 4.69) is 25.7 Å². The number of nitrogens with zero attached hydrogens (tertiary/aromatic N) is 3. The van der Waals surface area contributed by atoms with E-state index in [4.69, 9.17) is 11.0 Å². The molecule has 0 atom stereocenters. The first-order valence-corrected chi connectivity index (χ1v) is 6.62. The van der Waals surface area contributed by atoms with Gasteiger partial charge in [0.05, 0.1) is 30.0 Å². The molecule has 0 aliphatic rings. The second-order valence-electron chi connectivity index (χ2n) is 4.09. The molecule has 8 heteroatoms. The van der Waals surface area contributed by atoms with E-state index in [-0.39, 0.29) is 13.2 Å². The van der Waals surface area contributed by atoms with E-state index in [0.717, 1.165) is 6.08 Å². The summed E-state index contributed by atoms with van der Waals surface area (Å²) in [6.07, 6.45) is 1.62. The van der Waals surface area contributed by atoms with Gasteiger partial charge in [-0.3, -0.25) is 0 Å². The van der Waals surface area contributed by atoms with Crippen LogP contribution in [0.4, 0.5) is 9.18 Å². The molecular weight excluding hydrogens is 343 g/mol. The summed E-state index contributed by atoms with van der Waals surface area (Å²) in [4.78, 5) is 14.5. The van der Waals surface area contributed by atoms with E-state index in [0.29, 0.717) is 21.1 Å². The van der Waals surface area contributed by atoms with Crippen LogP contribution in [-0.2, 0) is 11.3 Å². The number of allylic oxidation sites excluding steroid dienone is 1. The molecule has 21 heavy (non-hydrogen) atoms. The highest BCUT2D eigenvalue weighted by atomic mass is 79.9. The Kier molecular flexibility index (Phi) is 4.55. The number of halogens is 2. The molecule has 0 aliphatic heterocycles. The zero-order valence-corrected chi connectivity index (χ0v) is 12.3. The number of carbonyl (C=O) groups is 1. The van der Waals surface area contributed by atoms with Crippen LogP contribution in [0.15, 0.2) is 34.8 Å². The first kappa shape index (κ1) is 15.0. The normalized spacial score (nSPS) is 11.4. The summed E-state index contributed by atoms with van der Waals surface area (Å²) in [5, 5.41) is 8.95. The SMILES string of the molecule is N#Cc1cc(Br)c2ncn(CC(F)=CCOC(N)=O)c2c1. The van der Waals surface area contributed by atoms with Gasteiger partial charge in [-0.2, -0.15) is 5.26 Å². The summed E-state index contributed by atoms with van der Waals surface area (Å²) in [5.41, 5.74) is 6.48. The quantitative estimate of drug-likeness (QED) is 0.914. The molecule has 0 saturated heterocycles. The van der Waals surface area contributed by atoms with Crippen LogP contribution in [0.2, 0.25) is 0 Å². The maximum atomic E-state index is 13.7. The second kappa shape index (κ2) is 6.37. The molecule has 2 aromatic rings. The molecule has 1 heterocycles. The van der Waals surface area contributed by atoms with E-state index in [1.54, 1.807) is 16.7 Å². The fourth-order valence-electron chi connectivity index (χ4n) is 1.75.